The quantitative estimate of drug-likeness (QED) is 0.739. The van der Waals surface area contributed by atoms with E-state index in [0.29, 0.717) is 0 Å². The molecule has 9 heteroatoms. The van der Waals surface area contributed by atoms with Gasteiger partial charge in [0.2, 0.25) is 0 Å². The Kier molecular flexibility index (Phi) is 5.12. The van der Waals surface area contributed by atoms with Crippen LogP contribution in [-0.2, 0) is 4.79 Å². The topological polar surface area (TPSA) is 122 Å². The molecule has 2 heterocycles. The Morgan fingerprint density at radius 2 is 2.04 bits per heavy atom. The largest absolute Gasteiger partial charge is 0.480 e. The SMILES string of the molecule is CC(C)C(NC(=O)c1csc(NC(=O)c2ccco2)n1)C(=O)O. The minimum absolute atomic E-state index is 0.0386. The van der Waals surface area contributed by atoms with Crippen molar-refractivity contribution in [1.82, 2.24) is 10.3 Å². The highest BCUT2D eigenvalue weighted by molar-refractivity contribution is 7.14. The van der Waals surface area contributed by atoms with Crippen LogP contribution in [0.15, 0.2) is 28.2 Å². The van der Waals surface area contributed by atoms with Crippen LogP contribution < -0.4 is 10.6 Å². The summed E-state index contributed by atoms with van der Waals surface area (Å²) < 4.78 is 4.95. The fourth-order valence-electron chi connectivity index (χ4n) is 1.73. The molecule has 0 fully saturated rings. The molecule has 0 radical (unpaired) electrons. The lowest BCUT2D eigenvalue weighted by molar-refractivity contribution is -0.140. The number of nitrogens with zero attached hydrogens (tertiary/aromatic N) is 1. The zero-order chi connectivity index (χ0) is 17.0. The van der Waals surface area contributed by atoms with Gasteiger partial charge in [-0.15, -0.1) is 11.3 Å². The summed E-state index contributed by atoms with van der Waals surface area (Å²) in [5.74, 6) is -2.36. The predicted molar refractivity (Wildman–Crippen MR) is 82.5 cm³/mol. The molecule has 0 spiro atoms. The van der Waals surface area contributed by atoms with Crippen molar-refractivity contribution in [3.8, 4) is 0 Å². The molecule has 1 unspecified atom stereocenters. The first-order valence-corrected chi connectivity index (χ1v) is 7.60. The second kappa shape index (κ2) is 7.05. The summed E-state index contributed by atoms with van der Waals surface area (Å²) in [6.07, 6.45) is 1.37. The molecular formula is C14H15N3O5S. The molecule has 0 aliphatic carbocycles. The standard InChI is InChI=1S/C14H15N3O5S/c1-7(2)10(13(20)21)16-11(18)8-6-23-14(15-8)17-12(19)9-4-3-5-22-9/h3-7,10H,1-2H3,(H,16,18)(H,20,21)(H,15,17,19). The Balaban J connectivity index is 2.02. The van der Waals surface area contributed by atoms with Crippen molar-refractivity contribution < 1.29 is 23.9 Å². The molecule has 0 aliphatic rings. The third-order valence-electron chi connectivity index (χ3n) is 2.92. The van der Waals surface area contributed by atoms with Gasteiger partial charge in [-0.2, -0.15) is 0 Å². The number of furan rings is 1. The van der Waals surface area contributed by atoms with Crippen molar-refractivity contribution >= 4 is 34.3 Å². The summed E-state index contributed by atoms with van der Waals surface area (Å²) in [5.41, 5.74) is 0.0386. The van der Waals surface area contributed by atoms with E-state index in [-0.39, 0.29) is 22.5 Å². The maximum atomic E-state index is 12.0. The van der Waals surface area contributed by atoms with E-state index >= 15 is 0 Å². The molecule has 0 saturated heterocycles. The van der Waals surface area contributed by atoms with E-state index in [0.717, 1.165) is 11.3 Å². The van der Waals surface area contributed by atoms with Gasteiger partial charge in [0.1, 0.15) is 11.7 Å². The van der Waals surface area contributed by atoms with E-state index in [1.807, 2.05) is 0 Å². The number of carbonyl (C=O) groups is 3. The van der Waals surface area contributed by atoms with E-state index in [9.17, 15) is 14.4 Å². The van der Waals surface area contributed by atoms with Crippen molar-refractivity contribution in [2.24, 2.45) is 5.92 Å². The van der Waals surface area contributed by atoms with Crippen LogP contribution in [0.4, 0.5) is 5.13 Å². The summed E-state index contributed by atoms with van der Waals surface area (Å²) in [6, 6.07) is 2.06. The molecule has 2 rings (SSSR count). The molecule has 0 aliphatic heterocycles. The van der Waals surface area contributed by atoms with E-state index < -0.39 is 23.8 Å². The lowest BCUT2D eigenvalue weighted by Crippen LogP contribution is -2.44. The number of carboxylic acids is 1. The molecule has 1 atom stereocenters. The van der Waals surface area contributed by atoms with Crippen molar-refractivity contribution in [2.75, 3.05) is 5.32 Å². The highest BCUT2D eigenvalue weighted by Gasteiger charge is 2.25. The summed E-state index contributed by atoms with van der Waals surface area (Å²) in [4.78, 5) is 38.9. The van der Waals surface area contributed by atoms with Gasteiger partial charge in [-0.1, -0.05) is 13.8 Å². The lowest BCUT2D eigenvalue weighted by Gasteiger charge is -2.16. The normalized spacial score (nSPS) is 12.0. The Labute approximate surface area is 135 Å². The molecule has 0 aromatic carbocycles. The van der Waals surface area contributed by atoms with E-state index in [1.165, 1.54) is 17.7 Å². The maximum absolute atomic E-state index is 12.0. The van der Waals surface area contributed by atoms with Gasteiger partial charge in [0, 0.05) is 5.38 Å². The van der Waals surface area contributed by atoms with E-state index in [2.05, 4.69) is 15.6 Å². The van der Waals surface area contributed by atoms with Gasteiger partial charge in [0.05, 0.1) is 6.26 Å². The number of carboxylic acid groups (broad SMARTS) is 1. The molecule has 0 saturated carbocycles. The second-order valence-electron chi connectivity index (χ2n) is 5.00. The number of nitrogens with one attached hydrogen (secondary N) is 2. The number of anilines is 1. The summed E-state index contributed by atoms with van der Waals surface area (Å²) in [5, 5.41) is 15.6. The Morgan fingerprint density at radius 3 is 2.61 bits per heavy atom. The van der Waals surface area contributed by atoms with Gasteiger partial charge in [0.15, 0.2) is 10.9 Å². The maximum Gasteiger partial charge on any atom is 0.326 e. The van der Waals surface area contributed by atoms with E-state index in [4.69, 9.17) is 9.52 Å². The van der Waals surface area contributed by atoms with Crippen LogP contribution in [0.1, 0.15) is 34.9 Å². The number of amides is 2. The number of thiazole rings is 1. The number of hydrogen-bond acceptors (Lipinski definition) is 6. The zero-order valence-electron chi connectivity index (χ0n) is 12.4. The van der Waals surface area contributed by atoms with Crippen LogP contribution in [0, 0.1) is 5.92 Å². The molecule has 3 N–H and O–H groups in total. The molecule has 8 nitrogen and oxygen atoms in total. The van der Waals surface area contributed by atoms with Crippen molar-refractivity contribution in [2.45, 2.75) is 19.9 Å². The van der Waals surface area contributed by atoms with Crippen molar-refractivity contribution in [1.29, 1.82) is 0 Å². The summed E-state index contributed by atoms with van der Waals surface area (Å²) in [6.45, 7) is 3.38. The number of rotatable bonds is 6. The van der Waals surface area contributed by atoms with Crippen molar-refractivity contribution in [3.63, 3.8) is 0 Å². The highest BCUT2D eigenvalue weighted by atomic mass is 32.1. The molecule has 2 aromatic rings. The van der Waals surface area contributed by atoms with Crippen LogP contribution in [0.25, 0.3) is 0 Å². The Morgan fingerprint density at radius 1 is 1.30 bits per heavy atom. The average Bonchev–Trinajstić information content (AvgIpc) is 3.14. The smallest absolute Gasteiger partial charge is 0.326 e. The van der Waals surface area contributed by atoms with Crippen LogP contribution in [0.3, 0.4) is 0 Å². The molecule has 122 valence electrons. The minimum atomic E-state index is -1.12. The van der Waals surface area contributed by atoms with Gasteiger partial charge in [-0.3, -0.25) is 14.9 Å². The molecular weight excluding hydrogens is 322 g/mol. The number of aromatic nitrogens is 1. The van der Waals surface area contributed by atoms with Gasteiger partial charge in [-0.25, -0.2) is 9.78 Å². The van der Waals surface area contributed by atoms with Crippen LogP contribution in [0.5, 0.6) is 0 Å². The van der Waals surface area contributed by atoms with E-state index in [1.54, 1.807) is 19.9 Å². The van der Waals surface area contributed by atoms with Gasteiger partial charge >= 0.3 is 5.97 Å². The number of hydrogen-bond donors (Lipinski definition) is 3. The minimum Gasteiger partial charge on any atom is -0.480 e. The first-order chi connectivity index (χ1) is 10.9. The highest BCUT2D eigenvalue weighted by Crippen LogP contribution is 2.17. The van der Waals surface area contributed by atoms with Gasteiger partial charge < -0.3 is 14.8 Å². The second-order valence-corrected chi connectivity index (χ2v) is 5.86. The predicted octanol–water partition coefficient (Wildman–Crippen LogP) is 1.83. The molecule has 23 heavy (non-hydrogen) atoms. The summed E-state index contributed by atoms with van der Waals surface area (Å²) >= 11 is 1.05. The van der Waals surface area contributed by atoms with Crippen LogP contribution in [-0.4, -0.2) is 33.9 Å². The molecule has 2 aromatic heterocycles. The number of aliphatic carboxylic acids is 1. The first kappa shape index (κ1) is 16.7. The average molecular weight is 337 g/mol. The van der Waals surface area contributed by atoms with Crippen LogP contribution >= 0.6 is 11.3 Å². The molecule has 0 bridgehead atoms. The number of carbonyl (C=O) groups excluding carboxylic acids is 2. The third-order valence-corrected chi connectivity index (χ3v) is 3.68. The molecule has 2 amide bonds. The monoisotopic (exact) mass is 337 g/mol. The Bertz CT molecular complexity index is 708. The van der Waals surface area contributed by atoms with Gasteiger partial charge in [0.25, 0.3) is 11.8 Å². The van der Waals surface area contributed by atoms with Crippen molar-refractivity contribution in [3.05, 3.63) is 35.2 Å². The Hall–Kier alpha value is -2.68. The fraction of sp³-hybridized carbons (Fsp3) is 0.286. The lowest BCUT2D eigenvalue weighted by atomic mass is 10.0. The summed E-state index contributed by atoms with van der Waals surface area (Å²) in [7, 11) is 0. The van der Waals surface area contributed by atoms with Crippen LogP contribution in [0.2, 0.25) is 0 Å². The zero-order valence-corrected chi connectivity index (χ0v) is 13.2. The fourth-order valence-corrected chi connectivity index (χ4v) is 2.42. The third kappa shape index (κ3) is 4.16. The first-order valence-electron chi connectivity index (χ1n) is 6.72. The van der Waals surface area contributed by atoms with Gasteiger partial charge in [-0.05, 0) is 18.1 Å².